The molecular formula is C21H25ClN2O4S. The predicted molar refractivity (Wildman–Crippen MR) is 113 cm³/mol. The second kappa shape index (κ2) is 9.15. The molecule has 1 N–H and O–H groups in total. The Morgan fingerprint density at radius 3 is 2.45 bits per heavy atom. The molecule has 156 valence electrons. The minimum atomic E-state index is -3.57. The summed E-state index contributed by atoms with van der Waals surface area (Å²) in [5, 5.41) is 0.545. The summed E-state index contributed by atoms with van der Waals surface area (Å²) in [5.74, 6) is 0.420. The highest BCUT2D eigenvalue weighted by molar-refractivity contribution is 7.89. The number of ether oxygens (including phenoxy) is 1. The summed E-state index contributed by atoms with van der Waals surface area (Å²) in [6.45, 7) is 4.56. The first-order chi connectivity index (χ1) is 13.7. The molecular weight excluding hydrogens is 412 g/mol. The molecule has 1 atom stereocenters. The fourth-order valence-corrected chi connectivity index (χ4v) is 4.76. The highest BCUT2D eigenvalue weighted by atomic mass is 35.5. The van der Waals surface area contributed by atoms with Crippen LogP contribution in [0.1, 0.15) is 25.3 Å². The summed E-state index contributed by atoms with van der Waals surface area (Å²) in [5.41, 5.74) is 1.00. The molecule has 0 saturated carbocycles. The van der Waals surface area contributed by atoms with E-state index < -0.39 is 16.1 Å². The average molecular weight is 437 g/mol. The van der Waals surface area contributed by atoms with Crippen LogP contribution in [0.2, 0.25) is 5.02 Å². The summed E-state index contributed by atoms with van der Waals surface area (Å²) >= 11 is 5.95. The number of hydrogen-bond donors (Lipinski definition) is 1. The SMILES string of the molecule is Cc1ccc(S(=O)(=O)NC2CCN(C(=O)C(C)Oc3cccc(Cl)c3)CC2)cc1. The van der Waals surface area contributed by atoms with Gasteiger partial charge in [0.15, 0.2) is 6.10 Å². The Morgan fingerprint density at radius 1 is 1.17 bits per heavy atom. The number of sulfonamides is 1. The molecule has 3 rings (SSSR count). The molecule has 1 unspecified atom stereocenters. The smallest absolute Gasteiger partial charge is 0.263 e. The van der Waals surface area contributed by atoms with E-state index in [0.717, 1.165) is 5.56 Å². The second-order valence-electron chi connectivity index (χ2n) is 7.25. The van der Waals surface area contributed by atoms with Gasteiger partial charge in [-0.2, -0.15) is 0 Å². The van der Waals surface area contributed by atoms with Crippen LogP contribution in [0.25, 0.3) is 0 Å². The number of carbonyl (C=O) groups excluding carboxylic acids is 1. The Morgan fingerprint density at radius 2 is 1.83 bits per heavy atom. The highest BCUT2D eigenvalue weighted by Gasteiger charge is 2.29. The number of carbonyl (C=O) groups is 1. The van der Waals surface area contributed by atoms with Gasteiger partial charge in [0, 0.05) is 24.2 Å². The number of rotatable bonds is 6. The molecule has 8 heteroatoms. The Bertz CT molecular complexity index is 955. The maximum absolute atomic E-state index is 12.7. The van der Waals surface area contributed by atoms with Crippen LogP contribution in [-0.4, -0.2) is 44.5 Å². The van der Waals surface area contributed by atoms with Crippen molar-refractivity contribution in [1.82, 2.24) is 9.62 Å². The van der Waals surface area contributed by atoms with E-state index in [2.05, 4.69) is 4.72 Å². The molecule has 1 amide bonds. The van der Waals surface area contributed by atoms with E-state index >= 15 is 0 Å². The normalized spacial score (nSPS) is 16.4. The van der Waals surface area contributed by atoms with Crippen molar-refractivity contribution in [2.75, 3.05) is 13.1 Å². The van der Waals surface area contributed by atoms with E-state index in [1.807, 2.05) is 6.92 Å². The predicted octanol–water partition coefficient (Wildman–Crippen LogP) is 3.39. The fraction of sp³-hybridized carbons (Fsp3) is 0.381. The van der Waals surface area contributed by atoms with E-state index in [-0.39, 0.29) is 16.8 Å². The van der Waals surface area contributed by atoms with Gasteiger partial charge in [-0.1, -0.05) is 35.4 Å². The van der Waals surface area contributed by atoms with Gasteiger partial charge in [-0.15, -0.1) is 0 Å². The van der Waals surface area contributed by atoms with Crippen LogP contribution < -0.4 is 9.46 Å². The van der Waals surface area contributed by atoms with Gasteiger partial charge >= 0.3 is 0 Å². The molecule has 2 aromatic carbocycles. The third-order valence-electron chi connectivity index (χ3n) is 4.92. The van der Waals surface area contributed by atoms with E-state index in [1.54, 1.807) is 60.4 Å². The van der Waals surface area contributed by atoms with Crippen molar-refractivity contribution >= 4 is 27.5 Å². The Kier molecular flexibility index (Phi) is 6.82. The number of nitrogens with zero attached hydrogens (tertiary/aromatic N) is 1. The minimum absolute atomic E-state index is 0.121. The quantitative estimate of drug-likeness (QED) is 0.753. The van der Waals surface area contributed by atoms with E-state index in [1.165, 1.54) is 0 Å². The molecule has 6 nitrogen and oxygen atoms in total. The average Bonchev–Trinajstić information content (AvgIpc) is 2.68. The Labute approximate surface area is 176 Å². The van der Waals surface area contributed by atoms with Crippen molar-refractivity contribution in [3.8, 4) is 5.75 Å². The number of piperidine rings is 1. The molecule has 0 radical (unpaired) electrons. The summed E-state index contributed by atoms with van der Waals surface area (Å²) in [4.78, 5) is 14.6. The first-order valence-electron chi connectivity index (χ1n) is 9.54. The topological polar surface area (TPSA) is 75.7 Å². The lowest BCUT2D eigenvalue weighted by Gasteiger charge is -2.33. The zero-order chi connectivity index (χ0) is 21.0. The number of amides is 1. The van der Waals surface area contributed by atoms with Gasteiger partial charge in [0.05, 0.1) is 4.90 Å². The summed E-state index contributed by atoms with van der Waals surface area (Å²) < 4.78 is 33.5. The molecule has 1 saturated heterocycles. The van der Waals surface area contributed by atoms with Crippen LogP contribution in [0.4, 0.5) is 0 Å². The molecule has 0 aromatic heterocycles. The lowest BCUT2D eigenvalue weighted by atomic mass is 10.1. The van der Waals surface area contributed by atoms with Crippen LogP contribution in [-0.2, 0) is 14.8 Å². The van der Waals surface area contributed by atoms with Gasteiger partial charge in [-0.05, 0) is 57.0 Å². The molecule has 0 bridgehead atoms. The van der Waals surface area contributed by atoms with Crippen molar-refractivity contribution in [1.29, 1.82) is 0 Å². The Balaban J connectivity index is 1.53. The van der Waals surface area contributed by atoms with Crippen LogP contribution in [0, 0.1) is 6.92 Å². The molecule has 29 heavy (non-hydrogen) atoms. The zero-order valence-electron chi connectivity index (χ0n) is 16.5. The van der Waals surface area contributed by atoms with Gasteiger partial charge in [-0.3, -0.25) is 4.79 Å². The van der Waals surface area contributed by atoms with E-state index in [0.29, 0.717) is 36.7 Å². The third-order valence-corrected chi connectivity index (χ3v) is 6.69. The molecule has 0 spiro atoms. The molecule has 1 aliphatic rings. The number of benzene rings is 2. The van der Waals surface area contributed by atoms with E-state index in [4.69, 9.17) is 16.3 Å². The van der Waals surface area contributed by atoms with Gasteiger partial charge in [0.25, 0.3) is 5.91 Å². The lowest BCUT2D eigenvalue weighted by Crippen LogP contribution is -2.49. The third kappa shape index (κ3) is 5.72. The monoisotopic (exact) mass is 436 g/mol. The van der Waals surface area contributed by atoms with Gasteiger partial charge in [0.2, 0.25) is 10.0 Å². The fourth-order valence-electron chi connectivity index (χ4n) is 3.27. The lowest BCUT2D eigenvalue weighted by molar-refractivity contribution is -0.139. The maximum atomic E-state index is 12.7. The number of likely N-dealkylation sites (tertiary alicyclic amines) is 1. The number of hydrogen-bond acceptors (Lipinski definition) is 4. The zero-order valence-corrected chi connectivity index (χ0v) is 18.0. The highest BCUT2D eigenvalue weighted by Crippen LogP contribution is 2.20. The van der Waals surface area contributed by atoms with Gasteiger partial charge < -0.3 is 9.64 Å². The van der Waals surface area contributed by atoms with Crippen LogP contribution in [0.15, 0.2) is 53.4 Å². The van der Waals surface area contributed by atoms with E-state index in [9.17, 15) is 13.2 Å². The van der Waals surface area contributed by atoms with Crippen LogP contribution >= 0.6 is 11.6 Å². The van der Waals surface area contributed by atoms with Crippen LogP contribution in [0.3, 0.4) is 0 Å². The number of halogens is 1. The first kappa shape index (κ1) is 21.6. The van der Waals surface area contributed by atoms with Crippen molar-refractivity contribution < 1.29 is 17.9 Å². The summed E-state index contributed by atoms with van der Waals surface area (Å²) in [7, 11) is -3.57. The molecule has 1 heterocycles. The summed E-state index contributed by atoms with van der Waals surface area (Å²) in [6, 6.07) is 13.5. The minimum Gasteiger partial charge on any atom is -0.481 e. The molecule has 1 fully saturated rings. The molecule has 0 aliphatic carbocycles. The molecule has 2 aromatic rings. The molecule has 1 aliphatic heterocycles. The van der Waals surface area contributed by atoms with Crippen molar-refractivity contribution in [2.24, 2.45) is 0 Å². The van der Waals surface area contributed by atoms with Crippen molar-refractivity contribution in [3.63, 3.8) is 0 Å². The number of aryl methyl sites for hydroxylation is 1. The number of nitrogens with one attached hydrogen (secondary N) is 1. The van der Waals surface area contributed by atoms with Gasteiger partial charge in [-0.25, -0.2) is 13.1 Å². The van der Waals surface area contributed by atoms with Crippen molar-refractivity contribution in [3.05, 3.63) is 59.1 Å². The summed E-state index contributed by atoms with van der Waals surface area (Å²) in [6.07, 6.45) is 0.468. The van der Waals surface area contributed by atoms with Crippen LogP contribution in [0.5, 0.6) is 5.75 Å². The Hall–Kier alpha value is -2.09. The standard InChI is InChI=1S/C21H25ClN2O4S/c1-15-6-8-20(9-7-15)29(26,27)23-18-10-12-24(13-11-18)21(25)16(2)28-19-5-3-4-17(22)14-19/h3-9,14,16,18,23H,10-13H2,1-2H3. The first-order valence-corrected chi connectivity index (χ1v) is 11.4. The van der Waals surface area contributed by atoms with Gasteiger partial charge in [0.1, 0.15) is 5.75 Å². The largest absolute Gasteiger partial charge is 0.481 e. The maximum Gasteiger partial charge on any atom is 0.263 e. The van der Waals surface area contributed by atoms with Crippen molar-refractivity contribution in [2.45, 2.75) is 43.7 Å². The second-order valence-corrected chi connectivity index (χ2v) is 9.40.